The van der Waals surface area contributed by atoms with Gasteiger partial charge in [0.15, 0.2) is 21.8 Å². The van der Waals surface area contributed by atoms with E-state index in [9.17, 15) is 13.8 Å². The maximum atomic E-state index is 11.5. The van der Waals surface area contributed by atoms with Crippen molar-refractivity contribution in [1.82, 2.24) is 0 Å². The number of rotatable bonds is 3. The van der Waals surface area contributed by atoms with Gasteiger partial charge in [-0.1, -0.05) is 24.3 Å². The minimum absolute atomic E-state index is 0.0577. The van der Waals surface area contributed by atoms with E-state index in [1.807, 2.05) is 0 Å². The molecule has 1 N–H and O–H groups in total. The van der Waals surface area contributed by atoms with Crippen LogP contribution in [0.4, 0.5) is 0 Å². The number of carbonyl (C=O) groups excluding carboxylic acids is 1. The first-order valence-electron chi connectivity index (χ1n) is 4.34. The lowest BCUT2D eigenvalue weighted by molar-refractivity contribution is -0.140. The highest BCUT2D eigenvalue weighted by molar-refractivity contribution is 7.80. The molecule has 1 rings (SSSR count). The molecule has 0 aromatic heterocycles. The van der Waals surface area contributed by atoms with E-state index in [2.05, 4.69) is 4.74 Å². The van der Waals surface area contributed by atoms with E-state index in [0.29, 0.717) is 0 Å². The summed E-state index contributed by atoms with van der Waals surface area (Å²) < 4.78 is 24.4. The van der Waals surface area contributed by atoms with Gasteiger partial charge in [-0.3, -0.25) is 9.59 Å². The van der Waals surface area contributed by atoms with Gasteiger partial charge in [-0.05, 0) is 6.07 Å². The molecule has 0 spiro atoms. The van der Waals surface area contributed by atoms with Gasteiger partial charge in [0, 0.05) is 5.56 Å². The molecule has 2 unspecified atom stereocenters. The molecular weight excluding hydrogens is 232 g/mol. The number of methoxy groups -OCH3 is 1. The second-order valence-corrected chi connectivity index (χ2v) is 3.93. The van der Waals surface area contributed by atoms with Crippen molar-refractivity contribution in [3.8, 4) is 0 Å². The van der Waals surface area contributed by atoms with Crippen LogP contribution in [0.5, 0.6) is 0 Å². The second-order valence-electron chi connectivity index (χ2n) is 2.91. The third-order valence-electron chi connectivity index (χ3n) is 1.93. The Morgan fingerprint density at radius 1 is 1.38 bits per heavy atom. The molecule has 1 aromatic carbocycles. The van der Waals surface area contributed by atoms with E-state index in [1.54, 1.807) is 6.07 Å². The molecule has 0 bridgehead atoms. The second kappa shape index (κ2) is 5.53. The van der Waals surface area contributed by atoms with Crippen LogP contribution in [-0.2, 0) is 20.6 Å². The molecule has 0 saturated heterocycles. The maximum Gasteiger partial charge on any atom is 0.328 e. The van der Waals surface area contributed by atoms with Crippen LogP contribution in [0, 0.1) is 0 Å². The summed E-state index contributed by atoms with van der Waals surface area (Å²) in [4.78, 5) is 22.8. The highest BCUT2D eigenvalue weighted by Gasteiger charge is 2.29. The van der Waals surface area contributed by atoms with Crippen molar-refractivity contribution in [1.29, 1.82) is 0 Å². The summed E-state index contributed by atoms with van der Waals surface area (Å²) >= 11 is -2.49. The Bertz CT molecular complexity index is 471. The molecule has 0 amide bonds. The minimum Gasteiger partial charge on any atom is -0.468 e. The van der Waals surface area contributed by atoms with E-state index in [4.69, 9.17) is 4.55 Å². The predicted octanol–water partition coefficient (Wildman–Crippen LogP) is 0.483. The summed E-state index contributed by atoms with van der Waals surface area (Å²) in [6.07, 6.45) is 0. The predicted molar refractivity (Wildman–Crippen MR) is 58.2 cm³/mol. The van der Waals surface area contributed by atoms with Gasteiger partial charge in [0.05, 0.1) is 7.11 Å². The molecule has 0 heterocycles. The number of carbonyl (C=O) groups is 1. The zero-order chi connectivity index (χ0) is 12.1. The van der Waals surface area contributed by atoms with Crippen LogP contribution in [0.2, 0.25) is 0 Å². The Kier molecular flexibility index (Phi) is 4.33. The molecule has 2 atom stereocenters. The van der Waals surface area contributed by atoms with Gasteiger partial charge in [0.2, 0.25) is 0 Å². The van der Waals surface area contributed by atoms with E-state index in [0.717, 1.165) is 7.11 Å². The average Bonchev–Trinajstić information content (AvgIpc) is 2.44. The first-order valence-corrected chi connectivity index (χ1v) is 5.51. The standard InChI is InChI=1S/C10H10O5S/c1-15-10(12)9(16(13)14)7-5-3-2-4-6-8(7)11/h2-6,9H,1H3,(H,13,14). The van der Waals surface area contributed by atoms with Crippen molar-refractivity contribution in [2.45, 2.75) is 5.25 Å². The van der Waals surface area contributed by atoms with Crippen LogP contribution >= 0.6 is 0 Å². The summed E-state index contributed by atoms with van der Waals surface area (Å²) in [5, 5.41) is -1.47. The quantitative estimate of drug-likeness (QED) is 0.616. The fraction of sp³-hybridized carbons (Fsp3) is 0.200. The van der Waals surface area contributed by atoms with E-state index < -0.39 is 27.7 Å². The highest BCUT2D eigenvalue weighted by Crippen LogP contribution is 2.16. The molecule has 1 aromatic rings. The number of hydrogen-bond donors (Lipinski definition) is 1. The van der Waals surface area contributed by atoms with Crippen LogP contribution in [-0.4, -0.2) is 21.8 Å². The third-order valence-corrected chi connectivity index (χ3v) is 2.78. The molecule has 0 saturated carbocycles. The van der Waals surface area contributed by atoms with E-state index in [-0.39, 0.29) is 5.56 Å². The summed E-state index contributed by atoms with van der Waals surface area (Å²) in [6, 6.07) is 7.13. The van der Waals surface area contributed by atoms with Gasteiger partial charge in [-0.25, -0.2) is 4.21 Å². The zero-order valence-corrected chi connectivity index (χ0v) is 9.27. The normalized spacial score (nSPS) is 13.9. The minimum atomic E-state index is -2.49. The number of hydrogen-bond acceptors (Lipinski definition) is 4. The maximum absolute atomic E-state index is 11.5. The number of esters is 1. The molecule has 0 aliphatic carbocycles. The van der Waals surface area contributed by atoms with Crippen LogP contribution in [0.15, 0.2) is 35.1 Å². The lowest BCUT2D eigenvalue weighted by Crippen LogP contribution is -2.23. The molecule has 0 radical (unpaired) electrons. The fourth-order valence-corrected chi connectivity index (χ4v) is 1.86. The number of ether oxygens (including phenoxy) is 1. The van der Waals surface area contributed by atoms with Crippen molar-refractivity contribution >= 4 is 17.0 Å². The first-order chi connectivity index (χ1) is 7.57. The van der Waals surface area contributed by atoms with Gasteiger partial charge in [-0.15, -0.1) is 0 Å². The Labute approximate surface area is 94.4 Å². The average molecular weight is 242 g/mol. The van der Waals surface area contributed by atoms with Crippen molar-refractivity contribution in [3.05, 3.63) is 46.1 Å². The summed E-state index contributed by atoms with van der Waals surface area (Å²) in [5.41, 5.74) is -0.541. The SMILES string of the molecule is COC(=O)C(c1cccccc1=O)S(=O)O. The van der Waals surface area contributed by atoms with Crippen LogP contribution in [0.1, 0.15) is 10.8 Å². The van der Waals surface area contributed by atoms with Gasteiger partial charge in [-0.2, -0.15) is 0 Å². The largest absolute Gasteiger partial charge is 0.468 e. The van der Waals surface area contributed by atoms with E-state index >= 15 is 0 Å². The Balaban J connectivity index is 3.34. The summed E-state index contributed by atoms with van der Waals surface area (Å²) in [5.74, 6) is -0.913. The van der Waals surface area contributed by atoms with Crippen LogP contribution in [0.3, 0.4) is 0 Å². The van der Waals surface area contributed by atoms with Crippen LogP contribution < -0.4 is 5.43 Å². The Hall–Kier alpha value is -1.53. The molecule has 6 heteroatoms. The molecule has 0 fully saturated rings. The van der Waals surface area contributed by atoms with Crippen molar-refractivity contribution in [2.24, 2.45) is 0 Å². The zero-order valence-electron chi connectivity index (χ0n) is 8.45. The Morgan fingerprint density at radius 2 is 2.00 bits per heavy atom. The van der Waals surface area contributed by atoms with Gasteiger partial charge >= 0.3 is 5.97 Å². The molecule has 5 nitrogen and oxygen atoms in total. The lowest BCUT2D eigenvalue weighted by atomic mass is 10.2. The summed E-state index contributed by atoms with van der Waals surface area (Å²) in [7, 11) is 1.09. The molecule has 0 aliphatic heterocycles. The monoisotopic (exact) mass is 242 g/mol. The molecular formula is C10H10O5S. The van der Waals surface area contributed by atoms with Gasteiger partial charge < -0.3 is 9.29 Å². The van der Waals surface area contributed by atoms with Crippen LogP contribution in [0.25, 0.3) is 0 Å². The van der Waals surface area contributed by atoms with Crippen molar-refractivity contribution in [3.63, 3.8) is 0 Å². The first kappa shape index (κ1) is 12.5. The molecule has 16 heavy (non-hydrogen) atoms. The van der Waals surface area contributed by atoms with Crippen molar-refractivity contribution in [2.75, 3.05) is 7.11 Å². The lowest BCUT2D eigenvalue weighted by Gasteiger charge is -2.08. The highest BCUT2D eigenvalue weighted by atomic mass is 32.2. The van der Waals surface area contributed by atoms with Crippen molar-refractivity contribution < 1.29 is 18.3 Å². The van der Waals surface area contributed by atoms with Gasteiger partial charge in [0.25, 0.3) is 0 Å². The van der Waals surface area contributed by atoms with Gasteiger partial charge in [0.1, 0.15) is 0 Å². The third kappa shape index (κ3) is 2.74. The molecule has 0 aliphatic rings. The topological polar surface area (TPSA) is 80.7 Å². The molecule has 86 valence electrons. The summed E-state index contributed by atoms with van der Waals surface area (Å²) in [6.45, 7) is 0. The fourth-order valence-electron chi connectivity index (χ4n) is 1.19. The van der Waals surface area contributed by atoms with E-state index in [1.165, 1.54) is 24.3 Å². The smallest absolute Gasteiger partial charge is 0.328 e. The Morgan fingerprint density at radius 3 is 2.56 bits per heavy atom.